The molecular formula is C15H15N5. The van der Waals surface area contributed by atoms with Crippen LogP contribution < -0.4 is 16.4 Å². The van der Waals surface area contributed by atoms with Gasteiger partial charge in [0.2, 0.25) is 11.9 Å². The number of para-hydroxylation sites is 1. The molecule has 1 heterocycles. The van der Waals surface area contributed by atoms with Crippen LogP contribution in [0.5, 0.6) is 0 Å². The van der Waals surface area contributed by atoms with Gasteiger partial charge in [-0.1, -0.05) is 48.5 Å². The highest BCUT2D eigenvalue weighted by Crippen LogP contribution is 2.29. The zero-order valence-electron chi connectivity index (χ0n) is 10.8. The maximum Gasteiger partial charge on any atom is 0.221 e. The highest BCUT2D eigenvalue weighted by molar-refractivity contribution is 6.04. The lowest BCUT2D eigenvalue weighted by Gasteiger charge is -2.32. The molecule has 2 aromatic carbocycles. The number of anilines is 1. The first-order valence-corrected chi connectivity index (χ1v) is 6.32. The summed E-state index contributed by atoms with van der Waals surface area (Å²) >= 11 is 0. The summed E-state index contributed by atoms with van der Waals surface area (Å²) in [7, 11) is 0. The molecule has 1 aliphatic heterocycles. The molecule has 1 unspecified atom stereocenters. The van der Waals surface area contributed by atoms with Crippen LogP contribution >= 0.6 is 0 Å². The van der Waals surface area contributed by atoms with Gasteiger partial charge in [-0.2, -0.15) is 4.99 Å². The molecule has 1 atom stereocenters. The second kappa shape index (κ2) is 5.05. The van der Waals surface area contributed by atoms with Gasteiger partial charge in [-0.25, -0.2) is 4.99 Å². The summed E-state index contributed by atoms with van der Waals surface area (Å²) < 4.78 is 0. The number of aliphatic imine (C=N–C) groups is 2. The summed E-state index contributed by atoms with van der Waals surface area (Å²) in [6, 6.07) is 19.7. The molecule has 0 bridgehead atoms. The van der Waals surface area contributed by atoms with E-state index in [1.807, 2.05) is 65.6 Å². The molecule has 0 radical (unpaired) electrons. The van der Waals surface area contributed by atoms with Crippen LogP contribution in [0.1, 0.15) is 11.7 Å². The zero-order valence-corrected chi connectivity index (χ0v) is 10.8. The Kier molecular flexibility index (Phi) is 3.09. The summed E-state index contributed by atoms with van der Waals surface area (Å²) in [6.07, 6.45) is -0.295. The zero-order chi connectivity index (χ0) is 13.9. The van der Waals surface area contributed by atoms with Crippen molar-refractivity contribution in [2.45, 2.75) is 6.17 Å². The number of benzene rings is 2. The van der Waals surface area contributed by atoms with Gasteiger partial charge in [0.15, 0.2) is 6.17 Å². The smallest absolute Gasteiger partial charge is 0.221 e. The molecule has 5 nitrogen and oxygen atoms in total. The third kappa shape index (κ3) is 2.21. The number of nitrogens with zero attached hydrogens (tertiary/aromatic N) is 3. The molecule has 100 valence electrons. The predicted octanol–water partition coefficient (Wildman–Crippen LogP) is 1.83. The first kappa shape index (κ1) is 12.2. The SMILES string of the molecule is NC1=NC(c2ccccc2)N(c2ccccc2)C(N)=N1. The van der Waals surface area contributed by atoms with Crippen molar-refractivity contribution in [2.75, 3.05) is 4.90 Å². The second-order valence-electron chi connectivity index (χ2n) is 4.45. The highest BCUT2D eigenvalue weighted by atomic mass is 15.4. The Morgan fingerprint density at radius 2 is 1.45 bits per heavy atom. The van der Waals surface area contributed by atoms with Crippen molar-refractivity contribution >= 4 is 17.6 Å². The fourth-order valence-corrected chi connectivity index (χ4v) is 2.22. The van der Waals surface area contributed by atoms with Crippen LogP contribution in [0.2, 0.25) is 0 Å². The van der Waals surface area contributed by atoms with Crippen molar-refractivity contribution in [3.05, 3.63) is 66.2 Å². The Morgan fingerprint density at radius 1 is 0.850 bits per heavy atom. The molecular weight excluding hydrogens is 250 g/mol. The molecule has 0 amide bonds. The van der Waals surface area contributed by atoms with E-state index in [1.165, 1.54) is 0 Å². The number of nitrogens with two attached hydrogens (primary N) is 2. The predicted molar refractivity (Wildman–Crippen MR) is 81.3 cm³/mol. The van der Waals surface area contributed by atoms with E-state index in [-0.39, 0.29) is 12.1 Å². The molecule has 2 aromatic rings. The molecule has 0 spiro atoms. The molecule has 0 aliphatic carbocycles. The summed E-state index contributed by atoms with van der Waals surface area (Å²) in [4.78, 5) is 10.3. The Morgan fingerprint density at radius 3 is 2.10 bits per heavy atom. The van der Waals surface area contributed by atoms with E-state index < -0.39 is 0 Å². The quantitative estimate of drug-likeness (QED) is 0.869. The van der Waals surface area contributed by atoms with Crippen LogP contribution in [0, 0.1) is 0 Å². The molecule has 3 rings (SSSR count). The van der Waals surface area contributed by atoms with Crippen molar-refractivity contribution in [1.29, 1.82) is 0 Å². The van der Waals surface area contributed by atoms with Gasteiger partial charge in [0, 0.05) is 5.69 Å². The van der Waals surface area contributed by atoms with Gasteiger partial charge >= 0.3 is 0 Å². The summed E-state index contributed by atoms with van der Waals surface area (Å²) in [5, 5.41) is 0. The van der Waals surface area contributed by atoms with Crippen molar-refractivity contribution < 1.29 is 0 Å². The van der Waals surface area contributed by atoms with Crippen LogP contribution in [0.4, 0.5) is 5.69 Å². The van der Waals surface area contributed by atoms with Crippen LogP contribution in [-0.2, 0) is 0 Å². The molecule has 4 N–H and O–H groups in total. The van der Waals surface area contributed by atoms with E-state index >= 15 is 0 Å². The van der Waals surface area contributed by atoms with Crippen molar-refractivity contribution in [2.24, 2.45) is 21.5 Å². The minimum absolute atomic E-state index is 0.198. The third-order valence-electron chi connectivity index (χ3n) is 3.11. The first-order chi connectivity index (χ1) is 9.75. The van der Waals surface area contributed by atoms with E-state index in [9.17, 15) is 0 Å². The Labute approximate surface area is 117 Å². The minimum Gasteiger partial charge on any atom is -0.369 e. The van der Waals surface area contributed by atoms with Crippen LogP contribution in [0.25, 0.3) is 0 Å². The van der Waals surface area contributed by atoms with Crippen molar-refractivity contribution in [1.82, 2.24) is 0 Å². The molecule has 0 saturated heterocycles. The molecule has 0 saturated carbocycles. The average molecular weight is 265 g/mol. The normalized spacial score (nSPS) is 18.4. The van der Waals surface area contributed by atoms with Crippen molar-refractivity contribution in [3.8, 4) is 0 Å². The fourth-order valence-electron chi connectivity index (χ4n) is 2.22. The van der Waals surface area contributed by atoms with E-state index in [0.29, 0.717) is 5.96 Å². The Bertz CT molecular complexity index is 648. The van der Waals surface area contributed by atoms with Crippen LogP contribution in [0.15, 0.2) is 70.6 Å². The largest absolute Gasteiger partial charge is 0.369 e. The van der Waals surface area contributed by atoms with E-state index in [1.54, 1.807) is 0 Å². The summed E-state index contributed by atoms with van der Waals surface area (Å²) in [5.74, 6) is 0.543. The van der Waals surface area contributed by atoms with Gasteiger partial charge in [0.05, 0.1) is 0 Å². The topological polar surface area (TPSA) is 80.0 Å². The summed E-state index contributed by atoms with van der Waals surface area (Å²) in [6.45, 7) is 0. The maximum atomic E-state index is 6.04. The minimum atomic E-state index is -0.295. The van der Waals surface area contributed by atoms with Crippen LogP contribution in [-0.4, -0.2) is 11.9 Å². The summed E-state index contributed by atoms with van der Waals surface area (Å²) in [5.41, 5.74) is 13.7. The van der Waals surface area contributed by atoms with Gasteiger partial charge in [-0.05, 0) is 17.7 Å². The van der Waals surface area contributed by atoms with E-state index in [0.717, 1.165) is 11.3 Å². The Balaban J connectivity index is 2.08. The Hall–Kier alpha value is -2.82. The number of guanidine groups is 2. The van der Waals surface area contributed by atoms with Gasteiger partial charge in [0.25, 0.3) is 0 Å². The maximum absolute atomic E-state index is 6.04. The van der Waals surface area contributed by atoms with Crippen molar-refractivity contribution in [3.63, 3.8) is 0 Å². The number of rotatable bonds is 2. The third-order valence-corrected chi connectivity index (χ3v) is 3.11. The van der Waals surface area contributed by atoms with E-state index in [2.05, 4.69) is 9.98 Å². The number of hydrogen-bond donors (Lipinski definition) is 2. The molecule has 20 heavy (non-hydrogen) atoms. The van der Waals surface area contributed by atoms with Gasteiger partial charge in [-0.15, -0.1) is 0 Å². The van der Waals surface area contributed by atoms with Crippen LogP contribution in [0.3, 0.4) is 0 Å². The first-order valence-electron chi connectivity index (χ1n) is 6.32. The highest BCUT2D eigenvalue weighted by Gasteiger charge is 2.26. The monoisotopic (exact) mass is 265 g/mol. The molecule has 0 aromatic heterocycles. The number of hydrogen-bond acceptors (Lipinski definition) is 5. The van der Waals surface area contributed by atoms with Gasteiger partial charge < -0.3 is 11.5 Å². The second-order valence-corrected chi connectivity index (χ2v) is 4.45. The lowest BCUT2D eigenvalue weighted by Crippen LogP contribution is -2.44. The van der Waals surface area contributed by atoms with E-state index in [4.69, 9.17) is 11.5 Å². The average Bonchev–Trinajstić information content (AvgIpc) is 2.48. The lowest BCUT2D eigenvalue weighted by molar-refractivity contribution is 0.736. The fraction of sp³-hybridized carbons (Fsp3) is 0.0667. The standard InChI is InChI=1S/C15H15N5/c16-14-18-13(11-7-3-1-4-8-11)20(15(17)19-14)12-9-5-2-6-10-12/h1-10,13H,(H4,16,17,18,19). The van der Waals surface area contributed by atoms with Gasteiger partial charge in [-0.3, -0.25) is 4.90 Å². The molecule has 0 fully saturated rings. The molecule has 1 aliphatic rings. The van der Waals surface area contributed by atoms with Gasteiger partial charge in [0.1, 0.15) is 0 Å². The molecule has 5 heteroatoms. The lowest BCUT2D eigenvalue weighted by atomic mass is 10.1.